The average Bonchev–Trinajstić information content (AvgIpc) is 2.87. The molecule has 3 N–H and O–H groups in total. The molecule has 2 unspecified atom stereocenters. The van der Waals surface area contributed by atoms with E-state index in [0.717, 1.165) is 12.8 Å². The molecule has 1 fully saturated rings. The van der Waals surface area contributed by atoms with Crippen molar-refractivity contribution in [3.05, 3.63) is 48.0 Å². The summed E-state index contributed by atoms with van der Waals surface area (Å²) < 4.78 is 35.8. The predicted octanol–water partition coefficient (Wildman–Crippen LogP) is 3.24. The molecule has 0 aliphatic heterocycles. The van der Waals surface area contributed by atoms with Crippen molar-refractivity contribution in [1.82, 2.24) is 4.83 Å². The lowest BCUT2D eigenvalue weighted by atomic mass is 9.78. The Balaban J connectivity index is 1.70. The van der Waals surface area contributed by atoms with Crippen molar-refractivity contribution >= 4 is 33.3 Å². The second kappa shape index (κ2) is 11.2. The van der Waals surface area contributed by atoms with Crippen molar-refractivity contribution in [1.29, 1.82) is 0 Å². The number of hydrogen-bond donors (Lipinski definition) is 3. The molecule has 11 heteroatoms. The lowest BCUT2D eigenvalue weighted by molar-refractivity contribution is -0.147. The highest BCUT2D eigenvalue weighted by molar-refractivity contribution is 7.89. The number of amides is 1. The second-order valence-electron chi connectivity index (χ2n) is 8.21. The van der Waals surface area contributed by atoms with Crippen LogP contribution in [0.5, 0.6) is 11.5 Å². The third kappa shape index (κ3) is 6.30. The molecule has 0 radical (unpaired) electrons. The Morgan fingerprint density at radius 3 is 2.26 bits per heavy atom. The third-order valence-corrected chi connectivity index (χ3v) is 7.21. The van der Waals surface area contributed by atoms with Crippen LogP contribution >= 0.6 is 0 Å². The van der Waals surface area contributed by atoms with Crippen LogP contribution in [0.25, 0.3) is 0 Å². The maximum Gasteiger partial charge on any atom is 0.307 e. The van der Waals surface area contributed by atoms with E-state index in [1.807, 2.05) is 0 Å². The number of benzene rings is 2. The standard InChI is InChI=1S/C24H29N3O7S/c1-15(26-27-35(31,32)22-14-18(33-2)12-13-21(22)34-3)16-8-10-17(11-9-16)25-23(28)19-6-4-5-7-20(19)24(29)30/h8-14,19-20,27H,4-7H2,1-3H3,(H,25,28)(H,29,30)/b26-15-. The largest absolute Gasteiger partial charge is 0.497 e. The normalized spacial score (nSPS) is 18.4. The molecule has 2 aromatic rings. The minimum atomic E-state index is -4.03. The van der Waals surface area contributed by atoms with Gasteiger partial charge in [-0.2, -0.15) is 18.4 Å². The first-order valence-corrected chi connectivity index (χ1v) is 12.6. The van der Waals surface area contributed by atoms with Crippen LogP contribution in [0.4, 0.5) is 5.69 Å². The molecule has 0 aromatic heterocycles. The number of carboxylic acid groups (broad SMARTS) is 1. The molecule has 0 heterocycles. The smallest absolute Gasteiger partial charge is 0.307 e. The number of methoxy groups -OCH3 is 2. The molecule has 0 saturated heterocycles. The van der Waals surface area contributed by atoms with Crippen LogP contribution in [0.3, 0.4) is 0 Å². The number of hydrazone groups is 1. The maximum absolute atomic E-state index is 12.8. The van der Waals surface area contributed by atoms with Gasteiger partial charge in [0.1, 0.15) is 16.4 Å². The highest BCUT2D eigenvalue weighted by atomic mass is 32.2. The van der Waals surface area contributed by atoms with Gasteiger partial charge in [0.25, 0.3) is 10.0 Å². The Labute approximate surface area is 204 Å². The van der Waals surface area contributed by atoms with Crippen LogP contribution in [0.15, 0.2) is 52.5 Å². The summed E-state index contributed by atoms with van der Waals surface area (Å²) in [5.74, 6) is -1.99. The van der Waals surface area contributed by atoms with Crippen LogP contribution in [-0.2, 0) is 19.6 Å². The molecule has 1 amide bonds. The summed E-state index contributed by atoms with van der Waals surface area (Å²) in [7, 11) is -1.24. The molecule has 1 saturated carbocycles. The van der Waals surface area contributed by atoms with E-state index in [-0.39, 0.29) is 16.6 Å². The van der Waals surface area contributed by atoms with Crippen molar-refractivity contribution < 1.29 is 32.6 Å². The molecule has 35 heavy (non-hydrogen) atoms. The molecule has 10 nitrogen and oxygen atoms in total. The third-order valence-electron chi connectivity index (χ3n) is 5.98. The fourth-order valence-corrected chi connectivity index (χ4v) is 5.05. The molecule has 188 valence electrons. The number of sulfonamides is 1. The van der Waals surface area contributed by atoms with Crippen molar-refractivity contribution in [2.24, 2.45) is 16.9 Å². The van der Waals surface area contributed by atoms with Gasteiger partial charge in [-0.05, 0) is 49.6 Å². The Morgan fingerprint density at radius 2 is 1.66 bits per heavy atom. The number of carbonyl (C=O) groups is 2. The van der Waals surface area contributed by atoms with Gasteiger partial charge in [-0.15, -0.1) is 0 Å². The number of carboxylic acids is 1. The molecule has 1 aliphatic rings. The second-order valence-corrected chi connectivity index (χ2v) is 9.84. The van der Waals surface area contributed by atoms with Crippen molar-refractivity contribution in [2.75, 3.05) is 19.5 Å². The van der Waals surface area contributed by atoms with E-state index in [9.17, 15) is 23.1 Å². The quantitative estimate of drug-likeness (QED) is 0.352. The first-order valence-electron chi connectivity index (χ1n) is 11.1. The average molecular weight is 504 g/mol. The number of anilines is 1. The van der Waals surface area contributed by atoms with Gasteiger partial charge in [0.2, 0.25) is 5.91 Å². The van der Waals surface area contributed by atoms with Crippen molar-refractivity contribution in [2.45, 2.75) is 37.5 Å². The fraction of sp³-hybridized carbons (Fsp3) is 0.375. The molecular weight excluding hydrogens is 474 g/mol. The molecule has 0 spiro atoms. The fourth-order valence-electron chi connectivity index (χ4n) is 4.01. The first-order chi connectivity index (χ1) is 16.7. The SMILES string of the molecule is COc1ccc(OC)c(S(=O)(=O)N/N=C(/C)c2ccc(NC(=O)C3CCCCC3C(=O)O)cc2)c1. The maximum atomic E-state index is 12.8. The summed E-state index contributed by atoms with van der Waals surface area (Å²) in [6, 6.07) is 11.1. The summed E-state index contributed by atoms with van der Waals surface area (Å²) in [5, 5.41) is 16.2. The minimum Gasteiger partial charge on any atom is -0.497 e. The molecule has 3 rings (SSSR count). The van der Waals surface area contributed by atoms with E-state index in [0.29, 0.717) is 35.6 Å². The Bertz CT molecular complexity index is 1210. The van der Waals surface area contributed by atoms with E-state index in [2.05, 4.69) is 15.2 Å². The van der Waals surface area contributed by atoms with Gasteiger partial charge in [0.15, 0.2) is 0 Å². The van der Waals surface area contributed by atoms with Gasteiger partial charge in [0.05, 0.1) is 31.8 Å². The van der Waals surface area contributed by atoms with E-state index in [4.69, 9.17) is 9.47 Å². The minimum absolute atomic E-state index is 0.115. The zero-order valence-electron chi connectivity index (χ0n) is 19.8. The van der Waals surface area contributed by atoms with Crippen LogP contribution < -0.4 is 19.6 Å². The van der Waals surface area contributed by atoms with Gasteiger partial charge < -0.3 is 19.9 Å². The Kier molecular flexibility index (Phi) is 8.34. The van der Waals surface area contributed by atoms with Gasteiger partial charge in [0, 0.05) is 11.8 Å². The van der Waals surface area contributed by atoms with Crippen LogP contribution in [0.2, 0.25) is 0 Å². The van der Waals surface area contributed by atoms with Gasteiger partial charge in [-0.25, -0.2) is 0 Å². The summed E-state index contributed by atoms with van der Waals surface area (Å²) in [6.07, 6.45) is 2.68. The van der Waals surface area contributed by atoms with Crippen LogP contribution in [0, 0.1) is 11.8 Å². The summed E-state index contributed by atoms with van der Waals surface area (Å²) >= 11 is 0. The van der Waals surface area contributed by atoms with Crippen molar-refractivity contribution in [3.8, 4) is 11.5 Å². The summed E-state index contributed by atoms with van der Waals surface area (Å²) in [4.78, 5) is 26.2. The summed E-state index contributed by atoms with van der Waals surface area (Å²) in [6.45, 7) is 1.64. The number of ether oxygens (including phenoxy) is 2. The topological polar surface area (TPSA) is 143 Å². The predicted molar refractivity (Wildman–Crippen MR) is 130 cm³/mol. The van der Waals surface area contributed by atoms with Gasteiger partial charge in [-0.1, -0.05) is 25.0 Å². The monoisotopic (exact) mass is 503 g/mol. The Hall–Kier alpha value is -3.60. The van der Waals surface area contributed by atoms with E-state index < -0.39 is 27.8 Å². The number of nitrogens with one attached hydrogen (secondary N) is 2. The van der Waals surface area contributed by atoms with Crippen LogP contribution in [-0.4, -0.2) is 45.3 Å². The van der Waals surface area contributed by atoms with Gasteiger partial charge >= 0.3 is 5.97 Å². The zero-order chi connectivity index (χ0) is 25.6. The number of rotatable bonds is 9. The zero-order valence-corrected chi connectivity index (χ0v) is 20.6. The van der Waals surface area contributed by atoms with E-state index in [1.165, 1.54) is 26.4 Å². The molecule has 0 bridgehead atoms. The molecule has 1 aliphatic carbocycles. The Morgan fingerprint density at radius 1 is 1.00 bits per heavy atom. The lowest BCUT2D eigenvalue weighted by Gasteiger charge is -2.27. The van der Waals surface area contributed by atoms with Crippen LogP contribution in [0.1, 0.15) is 38.2 Å². The first kappa shape index (κ1) is 26.0. The number of aliphatic carboxylic acids is 1. The molecule has 2 aromatic carbocycles. The van der Waals surface area contributed by atoms with E-state index in [1.54, 1.807) is 37.3 Å². The molecule has 2 atom stereocenters. The van der Waals surface area contributed by atoms with Crippen molar-refractivity contribution in [3.63, 3.8) is 0 Å². The molecular formula is C24H29N3O7S. The lowest BCUT2D eigenvalue weighted by Crippen LogP contribution is -2.36. The highest BCUT2D eigenvalue weighted by Crippen LogP contribution is 2.31. The summed E-state index contributed by atoms with van der Waals surface area (Å²) in [5.41, 5.74) is 1.54. The number of carbonyl (C=O) groups excluding carboxylic acids is 1. The van der Waals surface area contributed by atoms with Gasteiger partial charge in [-0.3, -0.25) is 9.59 Å². The number of hydrogen-bond acceptors (Lipinski definition) is 7. The van der Waals surface area contributed by atoms with E-state index >= 15 is 0 Å². The highest BCUT2D eigenvalue weighted by Gasteiger charge is 2.35. The number of nitrogens with zero attached hydrogens (tertiary/aromatic N) is 1.